The van der Waals surface area contributed by atoms with Gasteiger partial charge < -0.3 is 20.3 Å². The fourth-order valence-corrected chi connectivity index (χ4v) is 4.06. The molecule has 0 fully saturated rings. The quantitative estimate of drug-likeness (QED) is 0.396. The summed E-state index contributed by atoms with van der Waals surface area (Å²) in [6.45, 7) is 10.8. The van der Waals surface area contributed by atoms with Gasteiger partial charge in [-0.1, -0.05) is 67.1 Å². The average molecular weight is 504 g/mol. The van der Waals surface area contributed by atoms with Crippen molar-refractivity contribution in [3.8, 4) is 0 Å². The molecule has 0 bridgehead atoms. The Morgan fingerprint density at radius 3 is 2.22 bits per heavy atom. The molecular formula is C30H37N3O4. The standard InChI is InChI=1S/C30H37N3O4/c1-7-21(3)33(26(34)19-31-29(36)37-30(4,5)6)27(23-14-12-20(2)13-15-23)28(35)32-25-17-16-22-10-8-9-11-24(22)18-25/h8-18,21,27H,7,19H2,1-6H3,(H,31,36)(H,32,35). The van der Waals surface area contributed by atoms with Crippen LogP contribution < -0.4 is 10.6 Å². The predicted octanol–water partition coefficient (Wildman–Crippen LogP) is 5.98. The first-order valence-electron chi connectivity index (χ1n) is 12.6. The number of rotatable bonds is 8. The molecule has 7 nitrogen and oxygen atoms in total. The third kappa shape index (κ3) is 7.56. The van der Waals surface area contributed by atoms with Crippen LogP contribution in [0.15, 0.2) is 66.7 Å². The van der Waals surface area contributed by atoms with E-state index in [-0.39, 0.29) is 24.4 Å². The third-order valence-corrected chi connectivity index (χ3v) is 6.07. The molecule has 2 unspecified atom stereocenters. The monoisotopic (exact) mass is 503 g/mol. The smallest absolute Gasteiger partial charge is 0.408 e. The Kier molecular flexibility index (Phi) is 8.92. The molecule has 196 valence electrons. The molecule has 0 heterocycles. The molecule has 0 aliphatic carbocycles. The molecule has 37 heavy (non-hydrogen) atoms. The molecule has 0 aliphatic heterocycles. The van der Waals surface area contributed by atoms with Gasteiger partial charge in [-0.3, -0.25) is 9.59 Å². The minimum absolute atomic E-state index is 0.262. The zero-order chi connectivity index (χ0) is 27.2. The van der Waals surface area contributed by atoms with Crippen molar-refractivity contribution in [1.82, 2.24) is 10.2 Å². The lowest BCUT2D eigenvalue weighted by Gasteiger charge is -2.36. The van der Waals surface area contributed by atoms with Crippen LogP contribution in [0.5, 0.6) is 0 Å². The van der Waals surface area contributed by atoms with Crippen molar-refractivity contribution in [2.24, 2.45) is 0 Å². The van der Waals surface area contributed by atoms with Crippen molar-refractivity contribution in [3.63, 3.8) is 0 Å². The van der Waals surface area contributed by atoms with E-state index in [0.29, 0.717) is 17.7 Å². The van der Waals surface area contributed by atoms with Gasteiger partial charge >= 0.3 is 6.09 Å². The first-order valence-corrected chi connectivity index (χ1v) is 12.6. The van der Waals surface area contributed by atoms with Crippen molar-refractivity contribution >= 4 is 34.4 Å². The number of alkyl carbamates (subject to hydrolysis) is 1. The number of nitrogens with zero attached hydrogens (tertiary/aromatic N) is 1. The highest BCUT2D eigenvalue weighted by Gasteiger charge is 2.34. The van der Waals surface area contributed by atoms with Crippen LogP contribution in [-0.2, 0) is 14.3 Å². The van der Waals surface area contributed by atoms with Gasteiger partial charge in [0.05, 0.1) is 0 Å². The van der Waals surface area contributed by atoms with Gasteiger partial charge in [-0.2, -0.15) is 0 Å². The lowest BCUT2D eigenvalue weighted by atomic mass is 9.99. The van der Waals surface area contributed by atoms with E-state index >= 15 is 0 Å². The van der Waals surface area contributed by atoms with E-state index in [9.17, 15) is 14.4 Å². The Hall–Kier alpha value is -3.87. The Morgan fingerprint density at radius 1 is 0.946 bits per heavy atom. The number of carbonyl (C=O) groups is 3. The first-order chi connectivity index (χ1) is 17.5. The number of nitrogens with one attached hydrogen (secondary N) is 2. The van der Waals surface area contributed by atoms with E-state index in [1.54, 1.807) is 25.7 Å². The Morgan fingerprint density at radius 2 is 1.59 bits per heavy atom. The van der Waals surface area contributed by atoms with Gasteiger partial charge in [0.15, 0.2) is 0 Å². The maximum atomic E-state index is 13.8. The summed E-state index contributed by atoms with van der Waals surface area (Å²) in [5.74, 6) is -0.704. The molecule has 3 aromatic carbocycles. The number of amides is 3. The topological polar surface area (TPSA) is 87.7 Å². The molecule has 3 rings (SSSR count). The zero-order valence-electron chi connectivity index (χ0n) is 22.5. The van der Waals surface area contributed by atoms with Crippen LogP contribution >= 0.6 is 0 Å². The Bertz CT molecular complexity index is 1250. The molecule has 0 radical (unpaired) electrons. The number of hydrogen-bond donors (Lipinski definition) is 2. The number of aryl methyl sites for hydroxylation is 1. The zero-order valence-corrected chi connectivity index (χ0v) is 22.5. The van der Waals surface area contributed by atoms with Gasteiger partial charge in [-0.05, 0) is 69.5 Å². The maximum Gasteiger partial charge on any atom is 0.408 e. The van der Waals surface area contributed by atoms with E-state index in [2.05, 4.69) is 10.6 Å². The SMILES string of the molecule is CCC(C)N(C(=O)CNC(=O)OC(C)(C)C)C(C(=O)Nc1ccc2ccccc2c1)c1ccc(C)cc1. The molecule has 7 heteroatoms. The molecule has 0 aromatic heterocycles. The van der Waals surface area contributed by atoms with Gasteiger partial charge in [-0.15, -0.1) is 0 Å². The second kappa shape index (κ2) is 11.9. The van der Waals surface area contributed by atoms with Crippen LogP contribution in [0.3, 0.4) is 0 Å². The molecule has 0 saturated carbocycles. The van der Waals surface area contributed by atoms with Gasteiger partial charge in [0.2, 0.25) is 5.91 Å². The lowest BCUT2D eigenvalue weighted by molar-refractivity contribution is -0.140. The highest BCUT2D eigenvalue weighted by atomic mass is 16.6. The summed E-state index contributed by atoms with van der Waals surface area (Å²) in [5, 5.41) is 7.62. The number of benzene rings is 3. The largest absolute Gasteiger partial charge is 0.444 e. The third-order valence-electron chi connectivity index (χ3n) is 6.07. The minimum atomic E-state index is -0.894. The van der Waals surface area contributed by atoms with Crippen molar-refractivity contribution in [2.45, 2.75) is 65.6 Å². The number of carbonyl (C=O) groups excluding carboxylic acids is 3. The summed E-state index contributed by atoms with van der Waals surface area (Å²) < 4.78 is 5.27. The summed E-state index contributed by atoms with van der Waals surface area (Å²) in [6.07, 6.45) is -0.0542. The average Bonchev–Trinajstić information content (AvgIpc) is 2.85. The van der Waals surface area contributed by atoms with E-state index < -0.39 is 17.7 Å². The molecule has 2 atom stereocenters. The molecule has 0 aliphatic rings. The Balaban J connectivity index is 1.92. The lowest BCUT2D eigenvalue weighted by Crippen LogP contribution is -2.50. The maximum absolute atomic E-state index is 13.8. The van der Waals surface area contributed by atoms with Crippen LogP contribution in [0.1, 0.15) is 58.2 Å². The summed E-state index contributed by atoms with van der Waals surface area (Å²) in [6, 6.07) is 20.0. The highest BCUT2D eigenvalue weighted by molar-refractivity contribution is 6.00. The molecule has 0 spiro atoms. The number of anilines is 1. The summed E-state index contributed by atoms with van der Waals surface area (Å²) in [7, 11) is 0. The normalized spacial score (nSPS) is 12.9. The summed E-state index contributed by atoms with van der Waals surface area (Å²) >= 11 is 0. The van der Waals surface area contributed by atoms with E-state index in [4.69, 9.17) is 4.74 Å². The number of fused-ring (bicyclic) bond motifs is 1. The highest BCUT2D eigenvalue weighted by Crippen LogP contribution is 2.28. The van der Waals surface area contributed by atoms with Gasteiger partial charge in [0, 0.05) is 11.7 Å². The second-order valence-electron chi connectivity index (χ2n) is 10.3. The summed E-state index contributed by atoms with van der Waals surface area (Å²) in [5.41, 5.74) is 1.69. The van der Waals surface area contributed by atoms with E-state index in [1.165, 1.54) is 0 Å². The van der Waals surface area contributed by atoms with Crippen LogP contribution in [0.4, 0.5) is 10.5 Å². The van der Waals surface area contributed by atoms with Crippen LogP contribution in [0.25, 0.3) is 10.8 Å². The number of hydrogen-bond acceptors (Lipinski definition) is 4. The molecule has 3 aromatic rings. The van der Waals surface area contributed by atoms with E-state index in [0.717, 1.165) is 16.3 Å². The van der Waals surface area contributed by atoms with Crippen LogP contribution in [0.2, 0.25) is 0 Å². The van der Waals surface area contributed by atoms with Gasteiger partial charge in [0.1, 0.15) is 18.2 Å². The second-order valence-corrected chi connectivity index (χ2v) is 10.3. The van der Waals surface area contributed by atoms with Crippen molar-refractivity contribution in [3.05, 3.63) is 77.9 Å². The summed E-state index contributed by atoms with van der Waals surface area (Å²) in [4.78, 5) is 41.1. The van der Waals surface area contributed by atoms with Crippen LogP contribution in [0, 0.1) is 6.92 Å². The van der Waals surface area contributed by atoms with E-state index in [1.807, 2.05) is 87.5 Å². The number of ether oxygens (including phenoxy) is 1. The molecular weight excluding hydrogens is 466 g/mol. The fraction of sp³-hybridized carbons (Fsp3) is 0.367. The molecule has 3 amide bonds. The van der Waals surface area contributed by atoms with Crippen molar-refractivity contribution < 1.29 is 19.1 Å². The first kappa shape index (κ1) is 27.7. The van der Waals surface area contributed by atoms with Gasteiger partial charge in [-0.25, -0.2) is 4.79 Å². The fourth-order valence-electron chi connectivity index (χ4n) is 4.06. The van der Waals surface area contributed by atoms with Crippen LogP contribution in [-0.4, -0.2) is 41.0 Å². The van der Waals surface area contributed by atoms with Gasteiger partial charge in [0.25, 0.3) is 5.91 Å². The van der Waals surface area contributed by atoms with Crippen molar-refractivity contribution in [2.75, 3.05) is 11.9 Å². The Labute approximate surface area is 219 Å². The minimum Gasteiger partial charge on any atom is -0.444 e. The molecule has 0 saturated heterocycles. The predicted molar refractivity (Wildman–Crippen MR) is 147 cm³/mol. The van der Waals surface area contributed by atoms with Crippen molar-refractivity contribution in [1.29, 1.82) is 0 Å². The molecule has 2 N–H and O–H groups in total.